The molecule has 1 N–H and O–H groups in total. The highest BCUT2D eigenvalue weighted by Crippen LogP contribution is 2.37. The predicted octanol–water partition coefficient (Wildman–Crippen LogP) is 3.08. The zero-order valence-corrected chi connectivity index (χ0v) is 16.2. The summed E-state index contributed by atoms with van der Waals surface area (Å²) in [6, 6.07) is 1.12. The van der Waals surface area contributed by atoms with Gasteiger partial charge in [0.1, 0.15) is 17.1 Å². The summed E-state index contributed by atoms with van der Waals surface area (Å²) >= 11 is 2.94. The zero-order chi connectivity index (χ0) is 20.3. The van der Waals surface area contributed by atoms with Gasteiger partial charge in [-0.15, -0.1) is 0 Å². The van der Waals surface area contributed by atoms with E-state index in [1.807, 2.05) is 0 Å². The van der Waals surface area contributed by atoms with Crippen molar-refractivity contribution in [3.63, 3.8) is 0 Å². The second-order valence-corrected chi connectivity index (χ2v) is 6.13. The number of hydrogen-bond donors (Lipinski definition) is 1. The number of carboxylic acid groups (broad SMARTS) is 1. The predicted molar refractivity (Wildman–Crippen MR) is 97.6 cm³/mol. The monoisotopic (exact) mass is 439 g/mol. The Morgan fingerprint density at radius 2 is 1.78 bits per heavy atom. The van der Waals surface area contributed by atoms with Gasteiger partial charge in [0.25, 0.3) is 0 Å². The Balaban J connectivity index is 2.91. The SMILES string of the molecule is COC(=O)C1=C(C(=O)OC)N(c2c(C)cc(F)c(Br)c2C(=O)O)C=CC=C1. The van der Waals surface area contributed by atoms with Crippen molar-refractivity contribution in [2.45, 2.75) is 6.92 Å². The lowest BCUT2D eigenvalue weighted by atomic mass is 10.0. The van der Waals surface area contributed by atoms with E-state index in [0.29, 0.717) is 0 Å². The molecule has 0 radical (unpaired) electrons. The van der Waals surface area contributed by atoms with Gasteiger partial charge in [-0.05, 0) is 46.6 Å². The van der Waals surface area contributed by atoms with Crippen LogP contribution < -0.4 is 4.90 Å². The Bertz CT molecular complexity index is 919. The van der Waals surface area contributed by atoms with Gasteiger partial charge in [0.2, 0.25) is 0 Å². The van der Waals surface area contributed by atoms with Crippen LogP contribution in [0.2, 0.25) is 0 Å². The molecule has 2 rings (SSSR count). The Morgan fingerprint density at radius 3 is 2.33 bits per heavy atom. The number of hydrogen-bond acceptors (Lipinski definition) is 6. The number of methoxy groups -OCH3 is 2. The van der Waals surface area contributed by atoms with Gasteiger partial charge >= 0.3 is 17.9 Å². The molecule has 9 heteroatoms. The molecular weight excluding hydrogens is 425 g/mol. The van der Waals surface area contributed by atoms with Crippen LogP contribution in [0.3, 0.4) is 0 Å². The van der Waals surface area contributed by atoms with E-state index in [0.717, 1.165) is 20.3 Å². The summed E-state index contributed by atoms with van der Waals surface area (Å²) in [7, 11) is 2.26. The van der Waals surface area contributed by atoms with Crippen molar-refractivity contribution < 1.29 is 33.4 Å². The topological polar surface area (TPSA) is 93.1 Å². The number of rotatable bonds is 4. The number of carbonyl (C=O) groups is 3. The van der Waals surface area contributed by atoms with Crippen molar-refractivity contribution in [2.24, 2.45) is 0 Å². The summed E-state index contributed by atoms with van der Waals surface area (Å²) in [5.74, 6) is -3.92. The maximum atomic E-state index is 14.1. The highest BCUT2D eigenvalue weighted by atomic mass is 79.9. The molecule has 142 valence electrons. The Kier molecular flexibility index (Phi) is 6.17. The quantitative estimate of drug-likeness (QED) is 0.720. The molecule has 0 amide bonds. The number of anilines is 1. The first-order chi connectivity index (χ1) is 12.7. The number of carbonyl (C=O) groups excluding carboxylic acids is 2. The third-order valence-corrected chi connectivity index (χ3v) is 4.50. The second kappa shape index (κ2) is 8.17. The van der Waals surface area contributed by atoms with Gasteiger partial charge in [-0.2, -0.15) is 0 Å². The fourth-order valence-electron chi connectivity index (χ4n) is 2.58. The molecule has 0 spiro atoms. The molecule has 0 atom stereocenters. The molecule has 0 fully saturated rings. The lowest BCUT2D eigenvalue weighted by Gasteiger charge is -2.26. The molecule has 0 unspecified atom stereocenters. The Hall–Kier alpha value is -2.94. The van der Waals surface area contributed by atoms with Gasteiger partial charge < -0.3 is 19.5 Å². The van der Waals surface area contributed by atoms with E-state index in [1.165, 1.54) is 36.3 Å². The molecule has 0 aliphatic carbocycles. The van der Waals surface area contributed by atoms with E-state index < -0.39 is 29.3 Å². The summed E-state index contributed by atoms with van der Waals surface area (Å²) < 4.78 is 23.3. The largest absolute Gasteiger partial charge is 0.478 e. The minimum Gasteiger partial charge on any atom is -0.478 e. The normalized spacial score (nSPS) is 13.4. The van der Waals surface area contributed by atoms with Crippen molar-refractivity contribution in [3.05, 3.63) is 63.2 Å². The van der Waals surface area contributed by atoms with Crippen molar-refractivity contribution in [1.29, 1.82) is 0 Å². The first-order valence-corrected chi connectivity index (χ1v) is 8.30. The van der Waals surface area contributed by atoms with Crippen LogP contribution in [0.4, 0.5) is 10.1 Å². The van der Waals surface area contributed by atoms with Gasteiger partial charge in [-0.3, -0.25) is 0 Å². The summed E-state index contributed by atoms with van der Waals surface area (Å²) in [4.78, 5) is 37.6. The number of nitrogens with zero attached hydrogens (tertiary/aromatic N) is 1. The standard InChI is InChI=1S/C18H15BrFNO6/c1-9-8-11(20)13(19)12(16(22)23)14(9)21-7-5-4-6-10(17(24)26-2)15(21)18(25)27-3/h4-8H,1-3H3,(H,22,23). The fourth-order valence-corrected chi connectivity index (χ4v) is 3.06. The smallest absolute Gasteiger partial charge is 0.355 e. The molecule has 1 aromatic rings. The molecule has 1 aliphatic heterocycles. The minimum atomic E-state index is -1.42. The van der Waals surface area contributed by atoms with Crippen LogP contribution in [0.5, 0.6) is 0 Å². The first kappa shape index (κ1) is 20.4. The molecule has 1 heterocycles. The maximum Gasteiger partial charge on any atom is 0.355 e. The van der Waals surface area contributed by atoms with Crippen LogP contribution in [0.1, 0.15) is 15.9 Å². The highest BCUT2D eigenvalue weighted by molar-refractivity contribution is 9.10. The van der Waals surface area contributed by atoms with E-state index in [1.54, 1.807) is 0 Å². The summed E-state index contributed by atoms with van der Waals surface area (Å²) in [5.41, 5.74) is -0.600. The van der Waals surface area contributed by atoms with Crippen molar-refractivity contribution in [3.8, 4) is 0 Å². The molecule has 0 aromatic heterocycles. The van der Waals surface area contributed by atoms with E-state index in [4.69, 9.17) is 9.47 Å². The number of ether oxygens (including phenoxy) is 2. The molecule has 7 nitrogen and oxygen atoms in total. The summed E-state index contributed by atoms with van der Waals surface area (Å²) in [5, 5.41) is 9.61. The first-order valence-electron chi connectivity index (χ1n) is 7.51. The average molecular weight is 440 g/mol. The van der Waals surface area contributed by atoms with Crippen molar-refractivity contribution in [2.75, 3.05) is 19.1 Å². The van der Waals surface area contributed by atoms with Gasteiger partial charge in [0.05, 0.1) is 30.0 Å². The van der Waals surface area contributed by atoms with Crippen molar-refractivity contribution in [1.82, 2.24) is 0 Å². The lowest BCUT2D eigenvalue weighted by Crippen LogP contribution is -2.29. The molecule has 0 bridgehead atoms. The molecule has 0 saturated carbocycles. The van der Waals surface area contributed by atoms with Crippen LogP contribution in [-0.2, 0) is 19.1 Å². The van der Waals surface area contributed by atoms with Crippen LogP contribution in [0, 0.1) is 12.7 Å². The minimum absolute atomic E-state index is 0.00229. The number of aryl methyl sites for hydroxylation is 1. The summed E-state index contributed by atoms with van der Waals surface area (Å²) in [6.45, 7) is 1.48. The number of halogens is 2. The molecule has 0 saturated heterocycles. The molecule has 1 aromatic carbocycles. The Morgan fingerprint density at radius 1 is 1.15 bits per heavy atom. The number of esters is 2. The van der Waals surface area contributed by atoms with Crippen LogP contribution in [0.25, 0.3) is 0 Å². The van der Waals surface area contributed by atoms with E-state index >= 15 is 0 Å². The second-order valence-electron chi connectivity index (χ2n) is 5.33. The highest BCUT2D eigenvalue weighted by Gasteiger charge is 2.32. The van der Waals surface area contributed by atoms with Gasteiger partial charge in [0.15, 0.2) is 0 Å². The van der Waals surface area contributed by atoms with Gasteiger partial charge in [0, 0.05) is 6.20 Å². The number of aromatic carboxylic acids is 1. The van der Waals surface area contributed by atoms with E-state index in [-0.39, 0.29) is 27.0 Å². The van der Waals surface area contributed by atoms with Gasteiger partial charge in [-0.25, -0.2) is 18.8 Å². The number of allylic oxidation sites excluding steroid dienone is 2. The summed E-state index contributed by atoms with van der Waals surface area (Å²) in [6.07, 6.45) is 5.67. The number of benzene rings is 1. The zero-order valence-electron chi connectivity index (χ0n) is 14.6. The fraction of sp³-hybridized carbons (Fsp3) is 0.167. The van der Waals surface area contributed by atoms with Crippen LogP contribution in [0.15, 0.2) is 46.2 Å². The van der Waals surface area contributed by atoms with Gasteiger partial charge in [-0.1, -0.05) is 6.08 Å². The average Bonchev–Trinajstić information content (AvgIpc) is 2.85. The number of carboxylic acids is 1. The van der Waals surface area contributed by atoms with Crippen molar-refractivity contribution >= 4 is 39.5 Å². The molecule has 27 heavy (non-hydrogen) atoms. The Labute approximate surface area is 162 Å². The molecule has 1 aliphatic rings. The van der Waals surface area contributed by atoms with Crippen LogP contribution >= 0.6 is 15.9 Å². The maximum absolute atomic E-state index is 14.1. The third-order valence-electron chi connectivity index (χ3n) is 3.73. The third kappa shape index (κ3) is 3.77. The van der Waals surface area contributed by atoms with E-state index in [9.17, 15) is 23.9 Å². The molecular formula is C18H15BrFNO6. The van der Waals surface area contributed by atoms with Crippen LogP contribution in [-0.4, -0.2) is 37.2 Å². The van der Waals surface area contributed by atoms with E-state index in [2.05, 4.69) is 15.9 Å². The lowest BCUT2D eigenvalue weighted by molar-refractivity contribution is -0.139.